The molecule has 0 aliphatic rings. The lowest BCUT2D eigenvalue weighted by atomic mass is 10.2. The van der Waals surface area contributed by atoms with Gasteiger partial charge in [0.1, 0.15) is 5.01 Å². The number of carbonyl (C=O) groups excluding carboxylic acids is 1. The molecule has 0 atom stereocenters. The van der Waals surface area contributed by atoms with E-state index in [1.807, 2.05) is 28.7 Å². The smallest absolute Gasteiger partial charge is 0.325 e. The number of nitrogens with one attached hydrogen (secondary N) is 1. The largest absolute Gasteiger partial charge is 0.416 e. The van der Waals surface area contributed by atoms with E-state index in [9.17, 15) is 18.0 Å². The molecule has 3 aromatic rings. The van der Waals surface area contributed by atoms with E-state index in [4.69, 9.17) is 0 Å². The van der Waals surface area contributed by atoms with Crippen LogP contribution in [0.5, 0.6) is 0 Å². The minimum Gasteiger partial charge on any atom is -0.325 e. The second kappa shape index (κ2) is 7.70. The third-order valence-electron chi connectivity index (χ3n) is 3.37. The molecule has 0 spiro atoms. The highest BCUT2D eigenvalue weighted by atomic mass is 127. The summed E-state index contributed by atoms with van der Waals surface area (Å²) in [6.07, 6.45) is -1.16. The molecule has 0 fully saturated rings. The molecule has 4 nitrogen and oxygen atoms in total. The van der Waals surface area contributed by atoms with Gasteiger partial charge in [-0.05, 0) is 52.9 Å². The predicted molar refractivity (Wildman–Crippen MR) is 102 cm³/mol. The van der Waals surface area contributed by atoms with E-state index < -0.39 is 17.6 Å². The Kier molecular flexibility index (Phi) is 5.56. The van der Waals surface area contributed by atoms with Crippen LogP contribution in [0.4, 0.5) is 18.9 Å². The molecule has 0 aliphatic carbocycles. The van der Waals surface area contributed by atoms with Crippen molar-refractivity contribution in [3.8, 4) is 10.6 Å². The Hall–Kier alpha value is -2.01. The number of nitrogens with zero attached hydrogens (tertiary/aromatic N) is 2. The minimum atomic E-state index is -4.46. The van der Waals surface area contributed by atoms with Gasteiger partial charge in [0.05, 0.1) is 23.4 Å². The molecule has 1 aromatic carbocycles. The van der Waals surface area contributed by atoms with Crippen LogP contribution in [0, 0.1) is 3.57 Å². The molecule has 2 aromatic heterocycles. The summed E-state index contributed by atoms with van der Waals surface area (Å²) in [5.74, 6) is -0.426. The van der Waals surface area contributed by atoms with Crippen LogP contribution in [0.25, 0.3) is 10.6 Å². The fourth-order valence-corrected chi connectivity index (χ4v) is 3.45. The summed E-state index contributed by atoms with van der Waals surface area (Å²) in [7, 11) is 0. The molecular formula is C17H11F3IN3OS. The molecule has 0 radical (unpaired) electrons. The summed E-state index contributed by atoms with van der Waals surface area (Å²) >= 11 is 3.26. The molecule has 3 rings (SSSR count). The van der Waals surface area contributed by atoms with Crippen LogP contribution < -0.4 is 5.32 Å². The lowest BCUT2D eigenvalue weighted by Gasteiger charge is -2.11. The first-order valence-electron chi connectivity index (χ1n) is 7.34. The number of rotatable bonds is 4. The van der Waals surface area contributed by atoms with E-state index in [2.05, 4.69) is 15.3 Å². The minimum absolute atomic E-state index is 0.0247. The Morgan fingerprint density at radius 1 is 1.27 bits per heavy atom. The quantitative estimate of drug-likeness (QED) is 0.525. The van der Waals surface area contributed by atoms with Crippen LogP contribution in [0.3, 0.4) is 0 Å². The lowest BCUT2D eigenvalue weighted by molar-refractivity contribution is -0.137. The first-order chi connectivity index (χ1) is 12.3. The number of alkyl halides is 3. The summed E-state index contributed by atoms with van der Waals surface area (Å²) in [5.41, 5.74) is 0.721. The zero-order chi connectivity index (χ0) is 18.7. The second-order valence-corrected chi connectivity index (χ2v) is 7.32. The zero-order valence-corrected chi connectivity index (χ0v) is 16.0. The van der Waals surface area contributed by atoms with Crippen LogP contribution in [0.2, 0.25) is 0 Å². The summed E-state index contributed by atoms with van der Waals surface area (Å²) in [5, 5.41) is 5.01. The van der Waals surface area contributed by atoms with E-state index in [1.54, 1.807) is 23.8 Å². The number of anilines is 1. The Balaban J connectivity index is 1.71. The van der Waals surface area contributed by atoms with Crippen molar-refractivity contribution in [3.63, 3.8) is 0 Å². The van der Waals surface area contributed by atoms with Crippen molar-refractivity contribution in [2.45, 2.75) is 12.6 Å². The molecule has 0 aliphatic heterocycles. The number of pyridine rings is 1. The van der Waals surface area contributed by atoms with Crippen LogP contribution in [-0.4, -0.2) is 15.9 Å². The Morgan fingerprint density at radius 3 is 2.77 bits per heavy atom. The van der Waals surface area contributed by atoms with Crippen molar-refractivity contribution < 1.29 is 18.0 Å². The number of aromatic nitrogens is 2. The molecule has 0 saturated heterocycles. The van der Waals surface area contributed by atoms with E-state index in [1.165, 1.54) is 17.4 Å². The first kappa shape index (κ1) is 18.8. The lowest BCUT2D eigenvalue weighted by Crippen LogP contribution is -2.16. The van der Waals surface area contributed by atoms with Gasteiger partial charge in [0.25, 0.3) is 0 Å². The molecule has 134 valence electrons. The van der Waals surface area contributed by atoms with Gasteiger partial charge in [0, 0.05) is 26.9 Å². The van der Waals surface area contributed by atoms with E-state index in [0.29, 0.717) is 9.26 Å². The van der Waals surface area contributed by atoms with Gasteiger partial charge in [-0.2, -0.15) is 13.2 Å². The summed E-state index contributed by atoms with van der Waals surface area (Å²) < 4.78 is 39.0. The van der Waals surface area contributed by atoms with Crippen LogP contribution in [-0.2, 0) is 17.4 Å². The van der Waals surface area contributed by atoms with E-state index >= 15 is 0 Å². The SMILES string of the molecule is O=C(Cc1csc(-c2cccnc2)n1)Nc1cc(C(F)(F)F)ccc1I. The normalized spacial score (nSPS) is 11.4. The summed E-state index contributed by atoms with van der Waals surface area (Å²) in [6, 6.07) is 6.89. The summed E-state index contributed by atoms with van der Waals surface area (Å²) in [4.78, 5) is 20.6. The van der Waals surface area contributed by atoms with Crippen molar-refractivity contribution in [3.05, 3.63) is 62.9 Å². The highest BCUT2D eigenvalue weighted by molar-refractivity contribution is 14.1. The van der Waals surface area contributed by atoms with Crippen molar-refractivity contribution in [2.75, 3.05) is 5.32 Å². The molecular weight excluding hydrogens is 478 g/mol. The van der Waals surface area contributed by atoms with Gasteiger partial charge in [-0.1, -0.05) is 0 Å². The van der Waals surface area contributed by atoms with Crippen LogP contribution >= 0.6 is 33.9 Å². The monoisotopic (exact) mass is 489 g/mol. The molecule has 0 unspecified atom stereocenters. The Morgan fingerprint density at radius 2 is 2.08 bits per heavy atom. The molecule has 0 bridgehead atoms. The number of halogens is 4. The molecule has 1 N–H and O–H groups in total. The van der Waals surface area contributed by atoms with Crippen molar-refractivity contribution in [2.24, 2.45) is 0 Å². The number of hydrogen-bond donors (Lipinski definition) is 1. The van der Waals surface area contributed by atoms with Gasteiger partial charge < -0.3 is 5.32 Å². The van der Waals surface area contributed by atoms with Gasteiger partial charge in [0.15, 0.2) is 0 Å². The second-order valence-electron chi connectivity index (χ2n) is 5.30. The fraction of sp³-hybridized carbons (Fsp3) is 0.118. The maximum atomic E-state index is 12.8. The van der Waals surface area contributed by atoms with Gasteiger partial charge in [-0.15, -0.1) is 11.3 Å². The predicted octanol–water partition coefficient (Wildman–Crippen LogP) is 5.01. The third-order valence-corrected chi connectivity index (χ3v) is 5.25. The van der Waals surface area contributed by atoms with Crippen molar-refractivity contribution in [1.29, 1.82) is 0 Å². The average Bonchev–Trinajstić information content (AvgIpc) is 3.05. The standard InChI is InChI=1S/C17H11F3IN3OS/c18-17(19,20)11-3-4-13(21)14(6-11)24-15(25)7-12-9-26-16(23-12)10-2-1-5-22-8-10/h1-6,8-9H,7H2,(H,24,25). The number of carbonyl (C=O) groups is 1. The number of thiazole rings is 1. The van der Waals surface area contributed by atoms with Crippen LogP contribution in [0.1, 0.15) is 11.3 Å². The Bertz CT molecular complexity index is 929. The molecule has 1 amide bonds. The summed E-state index contributed by atoms with van der Waals surface area (Å²) in [6.45, 7) is 0. The maximum Gasteiger partial charge on any atom is 0.416 e. The maximum absolute atomic E-state index is 12.8. The highest BCUT2D eigenvalue weighted by Crippen LogP contribution is 2.32. The fourth-order valence-electron chi connectivity index (χ4n) is 2.17. The zero-order valence-electron chi connectivity index (χ0n) is 13.0. The number of benzene rings is 1. The Labute approximate surface area is 164 Å². The molecule has 9 heteroatoms. The average molecular weight is 489 g/mol. The van der Waals surface area contributed by atoms with Crippen LogP contribution in [0.15, 0.2) is 48.1 Å². The number of hydrogen-bond acceptors (Lipinski definition) is 4. The molecule has 0 saturated carbocycles. The van der Waals surface area contributed by atoms with Crippen molar-refractivity contribution >= 4 is 45.5 Å². The topological polar surface area (TPSA) is 54.9 Å². The van der Waals surface area contributed by atoms with Crippen molar-refractivity contribution in [1.82, 2.24) is 9.97 Å². The first-order valence-corrected chi connectivity index (χ1v) is 9.30. The van der Waals surface area contributed by atoms with Gasteiger partial charge in [-0.25, -0.2) is 4.98 Å². The highest BCUT2D eigenvalue weighted by Gasteiger charge is 2.31. The molecule has 26 heavy (non-hydrogen) atoms. The van der Waals surface area contributed by atoms with E-state index in [0.717, 1.165) is 22.7 Å². The van der Waals surface area contributed by atoms with Gasteiger partial charge in [-0.3, -0.25) is 9.78 Å². The number of amides is 1. The van der Waals surface area contributed by atoms with Gasteiger partial charge in [0.2, 0.25) is 5.91 Å². The van der Waals surface area contributed by atoms with Gasteiger partial charge >= 0.3 is 6.18 Å². The molecule has 2 heterocycles. The van der Waals surface area contributed by atoms with E-state index in [-0.39, 0.29) is 12.1 Å². The third kappa shape index (κ3) is 4.58.